The van der Waals surface area contributed by atoms with Crippen molar-refractivity contribution in [2.24, 2.45) is 0 Å². The minimum absolute atomic E-state index is 0.185. The van der Waals surface area contributed by atoms with Crippen molar-refractivity contribution < 1.29 is 0 Å². The Balaban J connectivity index is 0.638. The van der Waals surface area contributed by atoms with Gasteiger partial charge in [0.15, 0.2) is 0 Å². The van der Waals surface area contributed by atoms with E-state index in [0.717, 1.165) is 34.1 Å². The summed E-state index contributed by atoms with van der Waals surface area (Å²) < 4.78 is 0. The zero-order chi connectivity index (χ0) is 79.7. The molecule has 2 nitrogen and oxygen atoms in total. The van der Waals surface area contributed by atoms with Crippen LogP contribution < -0.4 is 9.80 Å². The van der Waals surface area contributed by atoms with E-state index in [2.05, 4.69) is 451 Å². The van der Waals surface area contributed by atoms with Gasteiger partial charge in [0, 0.05) is 50.4 Å². The molecule has 2 heteroatoms. The van der Waals surface area contributed by atoms with E-state index in [1.165, 1.54) is 195 Å². The highest BCUT2D eigenvalue weighted by Crippen LogP contribution is 2.68. The predicted octanol–water partition coefficient (Wildman–Crippen LogP) is 30.3. The summed E-state index contributed by atoms with van der Waals surface area (Å²) >= 11 is 0. The van der Waals surface area contributed by atoms with Gasteiger partial charge in [-0.1, -0.05) is 349 Å². The second kappa shape index (κ2) is 25.1. The van der Waals surface area contributed by atoms with Crippen LogP contribution in [0.15, 0.2) is 406 Å². The number of rotatable bonds is 10. The molecule has 0 aliphatic heterocycles. The van der Waals surface area contributed by atoms with Crippen LogP contribution in [0.4, 0.5) is 34.1 Å². The molecule has 25 rings (SSSR count). The van der Waals surface area contributed by atoms with E-state index in [9.17, 15) is 0 Å². The van der Waals surface area contributed by atoms with E-state index >= 15 is 0 Å². The largest absolute Gasteiger partial charge is 0.310 e. The average Bonchev–Trinajstić information content (AvgIpc) is 1.51. The van der Waals surface area contributed by atoms with Gasteiger partial charge in [-0.05, 0) is 287 Å². The summed E-state index contributed by atoms with van der Waals surface area (Å²) in [5.41, 5.74) is 49.7. The first-order valence-corrected chi connectivity index (χ1v) is 42.5. The zero-order valence-electron chi connectivity index (χ0n) is 67.6. The normalized spacial score (nSPS) is 16.6. The number of fused-ring (bicyclic) bond motifs is 29. The standard InChI is InChI=1S/C118H82N2/c1-114(2)99-41-21-15-34-86(99)92-61-54-82(70-109(92)114)119(79-52-48-75(49-53-79)73-28-9-6-10-29-73)80-57-65-106-98(68-80)95-59-50-76(74-30-11-7-12-31-74)66-112(95)118(106)104-46-26-20-39-96(104)113-85(40-27-47-107(113)118)77-51-60-91-93-62-55-83(71-110(93)115(3,4)108(91)67-77)120(84-56-63-94-87-35-16-22-42-100(87)116(5,111(94)72-84)78-32-13-8-14-33-78)81-58-64-105-97(69-81)90-38-19-25-45-103(90)117(105)101-43-23-17-36-88(101)89-37-18-24-44-102(89)117/h6-72H,1-5H3. The van der Waals surface area contributed by atoms with Gasteiger partial charge in [-0.25, -0.2) is 0 Å². The summed E-state index contributed by atoms with van der Waals surface area (Å²) in [5, 5.41) is 0. The Hall–Kier alpha value is -14.4. The Morgan fingerprint density at radius 1 is 0.158 bits per heavy atom. The SMILES string of the molecule is CC1(C)c2ccccc2-c2ccc(N(c3ccc(-c4ccccc4)cc3)c3ccc4c(c3)-c3ccc(-c5ccccc5)cc3C43c4ccccc4-c4c(-c5ccc6c(c5)C(C)(C)c5cc(N(c7ccc8c(c7)-c7ccccc7C87c8ccccc8-c8ccccc87)c7ccc8c(c7)C(C)(c7ccccc7)c7ccccc7-8)ccc5-6)cccc43)cc21. The van der Waals surface area contributed by atoms with Crippen molar-refractivity contribution >= 4 is 34.1 Å². The summed E-state index contributed by atoms with van der Waals surface area (Å²) in [5.74, 6) is 0. The van der Waals surface area contributed by atoms with Gasteiger partial charge in [0.2, 0.25) is 0 Å². The molecular weight excluding hydrogens is 1450 g/mol. The van der Waals surface area contributed by atoms with E-state index in [-0.39, 0.29) is 5.41 Å². The maximum absolute atomic E-state index is 2.57. The fraction of sp³-hybridized carbons (Fsp3) is 0.0847. The van der Waals surface area contributed by atoms with Gasteiger partial charge in [0.1, 0.15) is 0 Å². The molecular formula is C118H82N2. The summed E-state index contributed by atoms with van der Waals surface area (Å²) in [6, 6.07) is 156. The smallest absolute Gasteiger partial charge is 0.0726 e. The van der Waals surface area contributed by atoms with Gasteiger partial charge in [0.05, 0.1) is 10.8 Å². The highest BCUT2D eigenvalue weighted by Gasteiger charge is 2.55. The number of anilines is 6. The maximum Gasteiger partial charge on any atom is 0.0726 e. The fourth-order valence-electron chi connectivity index (χ4n) is 23.5. The molecule has 7 aliphatic rings. The second-order valence-electron chi connectivity index (χ2n) is 35.4. The molecule has 2 spiro atoms. The third-order valence-electron chi connectivity index (χ3n) is 29.0. The molecule has 2 unspecified atom stereocenters. The van der Waals surface area contributed by atoms with Crippen molar-refractivity contribution in [1.82, 2.24) is 0 Å². The van der Waals surface area contributed by atoms with Crippen LogP contribution in [0.1, 0.15) is 118 Å². The first-order chi connectivity index (χ1) is 58.9. The van der Waals surface area contributed by atoms with Gasteiger partial charge in [-0.2, -0.15) is 0 Å². The van der Waals surface area contributed by atoms with E-state index in [1.807, 2.05) is 0 Å². The Bertz CT molecular complexity index is 7380. The van der Waals surface area contributed by atoms with Gasteiger partial charge < -0.3 is 9.80 Å². The third kappa shape index (κ3) is 9.18. The monoisotopic (exact) mass is 1530 g/mol. The summed E-state index contributed by atoms with van der Waals surface area (Å²) in [4.78, 5) is 5.07. The van der Waals surface area contributed by atoms with E-state index < -0.39 is 21.7 Å². The van der Waals surface area contributed by atoms with Crippen LogP contribution in [0.5, 0.6) is 0 Å². The van der Waals surface area contributed by atoms with Crippen molar-refractivity contribution in [3.05, 3.63) is 490 Å². The molecule has 0 saturated carbocycles. The molecule has 120 heavy (non-hydrogen) atoms. The Morgan fingerprint density at radius 3 is 1.01 bits per heavy atom. The van der Waals surface area contributed by atoms with Crippen LogP contribution >= 0.6 is 0 Å². The molecule has 0 radical (unpaired) electrons. The van der Waals surface area contributed by atoms with Gasteiger partial charge in [-0.15, -0.1) is 0 Å². The third-order valence-corrected chi connectivity index (χ3v) is 29.0. The van der Waals surface area contributed by atoms with Gasteiger partial charge in [0.25, 0.3) is 0 Å². The molecule has 18 aromatic carbocycles. The Labute approximate surface area is 702 Å². The highest BCUT2D eigenvalue weighted by atomic mass is 15.1. The summed E-state index contributed by atoms with van der Waals surface area (Å²) in [6.07, 6.45) is 0. The van der Waals surface area contributed by atoms with Gasteiger partial charge >= 0.3 is 0 Å². The van der Waals surface area contributed by atoms with Crippen molar-refractivity contribution in [3.8, 4) is 111 Å². The quantitative estimate of drug-likeness (QED) is 0.135. The van der Waals surface area contributed by atoms with Crippen molar-refractivity contribution in [2.45, 2.75) is 61.7 Å². The number of benzene rings is 18. The number of hydrogen-bond acceptors (Lipinski definition) is 2. The lowest BCUT2D eigenvalue weighted by Gasteiger charge is -2.32. The van der Waals surface area contributed by atoms with Crippen molar-refractivity contribution in [3.63, 3.8) is 0 Å². The summed E-state index contributed by atoms with van der Waals surface area (Å²) in [7, 11) is 0. The number of nitrogens with zero attached hydrogens (tertiary/aromatic N) is 2. The van der Waals surface area contributed by atoms with Crippen LogP contribution in [0.25, 0.3) is 111 Å². The molecule has 0 aromatic heterocycles. The first kappa shape index (κ1) is 68.8. The molecule has 18 aromatic rings. The first-order valence-electron chi connectivity index (χ1n) is 42.5. The molecule has 0 N–H and O–H groups in total. The highest BCUT2D eigenvalue weighted by molar-refractivity contribution is 6.04. The molecule has 0 heterocycles. The maximum atomic E-state index is 2.57. The Kier molecular flexibility index (Phi) is 14.4. The number of hydrogen-bond donors (Lipinski definition) is 0. The lowest BCUT2D eigenvalue weighted by Crippen LogP contribution is -2.26. The second-order valence-corrected chi connectivity index (χ2v) is 35.4. The molecule has 0 fully saturated rings. The van der Waals surface area contributed by atoms with Crippen LogP contribution in [-0.2, 0) is 27.1 Å². The molecule has 2 atom stereocenters. The molecule has 0 amide bonds. The topological polar surface area (TPSA) is 6.48 Å². The lowest BCUT2D eigenvalue weighted by molar-refractivity contribution is 0.660. The minimum Gasteiger partial charge on any atom is -0.310 e. The minimum atomic E-state index is -0.657. The molecule has 7 aliphatic carbocycles. The zero-order valence-corrected chi connectivity index (χ0v) is 67.6. The molecule has 0 bridgehead atoms. The van der Waals surface area contributed by atoms with Crippen molar-refractivity contribution in [2.75, 3.05) is 9.80 Å². The Morgan fingerprint density at radius 2 is 0.458 bits per heavy atom. The van der Waals surface area contributed by atoms with Crippen LogP contribution in [-0.4, -0.2) is 0 Å². The van der Waals surface area contributed by atoms with Crippen LogP contribution in [0, 0.1) is 0 Å². The van der Waals surface area contributed by atoms with Crippen LogP contribution in [0.2, 0.25) is 0 Å². The van der Waals surface area contributed by atoms with E-state index in [0.29, 0.717) is 0 Å². The van der Waals surface area contributed by atoms with E-state index in [1.54, 1.807) is 0 Å². The predicted molar refractivity (Wildman–Crippen MR) is 497 cm³/mol. The van der Waals surface area contributed by atoms with Crippen LogP contribution in [0.3, 0.4) is 0 Å². The van der Waals surface area contributed by atoms with Gasteiger partial charge in [-0.3, -0.25) is 0 Å². The van der Waals surface area contributed by atoms with E-state index in [4.69, 9.17) is 0 Å². The lowest BCUT2D eigenvalue weighted by atomic mass is 9.70. The summed E-state index contributed by atoms with van der Waals surface area (Å²) in [6.45, 7) is 12.1. The average molecular weight is 1530 g/mol. The molecule has 0 saturated heterocycles. The van der Waals surface area contributed by atoms with Crippen molar-refractivity contribution in [1.29, 1.82) is 0 Å². The molecule has 564 valence electrons. The fourth-order valence-corrected chi connectivity index (χ4v) is 23.5.